The fourth-order valence-electron chi connectivity index (χ4n) is 4.24. The van der Waals surface area contributed by atoms with Crippen LogP contribution in [0.3, 0.4) is 0 Å². The van der Waals surface area contributed by atoms with E-state index < -0.39 is 0 Å². The van der Waals surface area contributed by atoms with Crippen molar-refractivity contribution in [1.29, 1.82) is 0 Å². The van der Waals surface area contributed by atoms with Crippen molar-refractivity contribution in [3.05, 3.63) is 71.4 Å². The van der Waals surface area contributed by atoms with Gasteiger partial charge in [0, 0.05) is 31.4 Å². The zero-order valence-electron chi connectivity index (χ0n) is 20.9. The van der Waals surface area contributed by atoms with Gasteiger partial charge in [-0.15, -0.1) is 0 Å². The number of nitrogens with zero attached hydrogens (tertiary/aromatic N) is 3. The molecule has 7 nitrogen and oxygen atoms in total. The van der Waals surface area contributed by atoms with Crippen molar-refractivity contribution in [2.45, 2.75) is 34.2 Å². The topological polar surface area (TPSA) is 64.1 Å². The Kier molecular flexibility index (Phi) is 7.75. The Labute approximate surface area is 207 Å². The van der Waals surface area contributed by atoms with Crippen molar-refractivity contribution >= 4 is 17.4 Å². The number of aryl methyl sites for hydroxylation is 1. The first-order valence-electron chi connectivity index (χ1n) is 12.2. The largest absolute Gasteiger partial charge is 0.490 e. The maximum atomic E-state index is 13.8. The van der Waals surface area contributed by atoms with Gasteiger partial charge in [0.25, 0.3) is 5.91 Å². The molecule has 2 heterocycles. The molecule has 3 aromatic rings. The predicted molar refractivity (Wildman–Crippen MR) is 138 cm³/mol. The molecule has 0 saturated heterocycles. The zero-order valence-corrected chi connectivity index (χ0v) is 20.9. The highest BCUT2D eigenvalue weighted by atomic mass is 16.5. The van der Waals surface area contributed by atoms with E-state index in [0.29, 0.717) is 55.7 Å². The Balaban J connectivity index is 1.66. The van der Waals surface area contributed by atoms with Gasteiger partial charge >= 0.3 is 0 Å². The number of hydrogen-bond acceptors (Lipinski definition) is 6. The molecule has 1 aliphatic heterocycles. The maximum Gasteiger partial charge on any atom is 0.258 e. The summed E-state index contributed by atoms with van der Waals surface area (Å²) in [4.78, 5) is 22.4. The number of rotatable bonds is 9. The van der Waals surface area contributed by atoms with E-state index in [4.69, 9.17) is 14.2 Å². The smallest absolute Gasteiger partial charge is 0.258 e. The summed E-state index contributed by atoms with van der Waals surface area (Å²) in [5.74, 6) is 2.21. The van der Waals surface area contributed by atoms with Crippen LogP contribution in [-0.4, -0.2) is 43.8 Å². The molecule has 0 saturated carbocycles. The summed E-state index contributed by atoms with van der Waals surface area (Å²) >= 11 is 0. The van der Waals surface area contributed by atoms with Crippen LogP contribution in [0.15, 0.2) is 54.7 Å². The number of anilines is 2. The van der Waals surface area contributed by atoms with E-state index in [2.05, 4.69) is 41.1 Å². The molecule has 1 aromatic heterocycles. The van der Waals surface area contributed by atoms with Crippen LogP contribution in [0, 0.1) is 6.92 Å². The van der Waals surface area contributed by atoms with E-state index in [1.807, 2.05) is 32.9 Å². The second-order valence-electron chi connectivity index (χ2n) is 8.31. The zero-order chi connectivity index (χ0) is 24.8. The number of fused-ring (bicyclic) bond motifs is 1. The minimum absolute atomic E-state index is 0.126. The van der Waals surface area contributed by atoms with Crippen LogP contribution in [0.5, 0.6) is 17.2 Å². The van der Waals surface area contributed by atoms with Gasteiger partial charge < -0.3 is 24.0 Å². The number of pyridine rings is 1. The van der Waals surface area contributed by atoms with Gasteiger partial charge in [-0.1, -0.05) is 29.8 Å². The standard InChI is InChI=1S/C28H33N3O4/c1-5-33-24-17-22(18-25(34-6-2)26(24)35-7-3)28(32)31-16-15-30(27-23(31)9-8-14-29-27)19-21-12-10-20(4)11-13-21/h8-14,17-18H,5-7,15-16,19H2,1-4H3. The van der Waals surface area contributed by atoms with E-state index in [0.717, 1.165) is 18.1 Å². The third-order valence-corrected chi connectivity index (χ3v) is 5.85. The lowest BCUT2D eigenvalue weighted by atomic mass is 10.1. The lowest BCUT2D eigenvalue weighted by molar-refractivity contribution is 0.0985. The number of carbonyl (C=O) groups excluding carboxylic acids is 1. The Hall–Kier alpha value is -3.74. The first-order valence-corrected chi connectivity index (χ1v) is 12.2. The predicted octanol–water partition coefficient (Wildman–Crippen LogP) is 5.25. The number of ether oxygens (including phenoxy) is 3. The molecule has 2 aromatic carbocycles. The molecule has 1 aliphatic rings. The summed E-state index contributed by atoms with van der Waals surface area (Å²) in [6, 6.07) is 15.8. The van der Waals surface area contributed by atoms with E-state index >= 15 is 0 Å². The maximum absolute atomic E-state index is 13.8. The monoisotopic (exact) mass is 475 g/mol. The number of amides is 1. The van der Waals surface area contributed by atoms with Crippen LogP contribution in [-0.2, 0) is 6.54 Å². The molecule has 0 N–H and O–H groups in total. The van der Waals surface area contributed by atoms with Crippen molar-refractivity contribution in [2.75, 3.05) is 42.7 Å². The molecule has 0 radical (unpaired) electrons. The molecule has 4 rings (SSSR count). The molecule has 0 bridgehead atoms. The Bertz CT molecular complexity index is 1140. The second kappa shape index (κ2) is 11.1. The van der Waals surface area contributed by atoms with E-state index in [1.54, 1.807) is 23.2 Å². The first-order chi connectivity index (χ1) is 17.0. The lowest BCUT2D eigenvalue weighted by Crippen LogP contribution is -2.44. The van der Waals surface area contributed by atoms with Crippen LogP contribution in [0.25, 0.3) is 0 Å². The van der Waals surface area contributed by atoms with Gasteiger partial charge in [0.15, 0.2) is 17.3 Å². The van der Waals surface area contributed by atoms with Gasteiger partial charge in [-0.3, -0.25) is 4.79 Å². The van der Waals surface area contributed by atoms with Crippen molar-refractivity contribution in [1.82, 2.24) is 4.98 Å². The Morgan fingerprint density at radius 1 is 0.914 bits per heavy atom. The lowest BCUT2D eigenvalue weighted by Gasteiger charge is -2.36. The molecule has 0 atom stereocenters. The minimum Gasteiger partial charge on any atom is -0.490 e. The van der Waals surface area contributed by atoms with Crippen LogP contribution in [0.1, 0.15) is 42.3 Å². The number of benzene rings is 2. The van der Waals surface area contributed by atoms with Crippen LogP contribution >= 0.6 is 0 Å². The normalized spacial score (nSPS) is 12.8. The average Bonchev–Trinajstić information content (AvgIpc) is 2.87. The van der Waals surface area contributed by atoms with Crippen LogP contribution in [0.4, 0.5) is 11.5 Å². The quantitative estimate of drug-likeness (QED) is 0.421. The highest BCUT2D eigenvalue weighted by Crippen LogP contribution is 2.40. The first kappa shape index (κ1) is 24.4. The van der Waals surface area contributed by atoms with Gasteiger partial charge in [-0.05, 0) is 57.5 Å². The number of carbonyl (C=O) groups is 1. The molecule has 0 fully saturated rings. The summed E-state index contributed by atoms with van der Waals surface area (Å²) < 4.78 is 17.4. The van der Waals surface area contributed by atoms with Gasteiger partial charge in [0.2, 0.25) is 5.75 Å². The summed E-state index contributed by atoms with van der Waals surface area (Å²) in [6.07, 6.45) is 1.77. The van der Waals surface area contributed by atoms with E-state index in [-0.39, 0.29) is 5.91 Å². The van der Waals surface area contributed by atoms with Crippen LogP contribution < -0.4 is 24.0 Å². The molecular formula is C28H33N3O4. The fourth-order valence-corrected chi connectivity index (χ4v) is 4.24. The van der Waals surface area contributed by atoms with E-state index in [9.17, 15) is 4.79 Å². The van der Waals surface area contributed by atoms with Crippen LogP contribution in [0.2, 0.25) is 0 Å². The number of aromatic nitrogens is 1. The molecule has 0 unspecified atom stereocenters. The highest BCUT2D eigenvalue weighted by molar-refractivity contribution is 6.08. The SMILES string of the molecule is CCOc1cc(C(=O)N2CCN(Cc3ccc(C)cc3)c3ncccc32)cc(OCC)c1OCC. The molecular weight excluding hydrogens is 442 g/mol. The van der Waals surface area contributed by atoms with Crippen molar-refractivity contribution < 1.29 is 19.0 Å². The third kappa shape index (κ3) is 5.34. The summed E-state index contributed by atoms with van der Waals surface area (Å²) in [6.45, 7) is 11.1. The van der Waals surface area contributed by atoms with E-state index in [1.165, 1.54) is 11.1 Å². The highest BCUT2D eigenvalue weighted by Gasteiger charge is 2.30. The Morgan fingerprint density at radius 2 is 1.57 bits per heavy atom. The van der Waals surface area contributed by atoms with Gasteiger partial charge in [-0.2, -0.15) is 0 Å². The molecule has 0 aliphatic carbocycles. The third-order valence-electron chi connectivity index (χ3n) is 5.85. The molecule has 35 heavy (non-hydrogen) atoms. The van der Waals surface area contributed by atoms with Crippen molar-refractivity contribution in [3.63, 3.8) is 0 Å². The Morgan fingerprint density at radius 3 is 2.20 bits per heavy atom. The summed E-state index contributed by atoms with van der Waals surface area (Å²) in [7, 11) is 0. The summed E-state index contributed by atoms with van der Waals surface area (Å²) in [5, 5.41) is 0. The summed E-state index contributed by atoms with van der Waals surface area (Å²) in [5.41, 5.74) is 3.72. The van der Waals surface area contributed by atoms with Gasteiger partial charge in [0.1, 0.15) is 0 Å². The van der Waals surface area contributed by atoms with Crippen molar-refractivity contribution in [2.24, 2.45) is 0 Å². The molecule has 1 amide bonds. The average molecular weight is 476 g/mol. The van der Waals surface area contributed by atoms with Gasteiger partial charge in [0.05, 0.1) is 25.5 Å². The van der Waals surface area contributed by atoms with Gasteiger partial charge in [-0.25, -0.2) is 4.98 Å². The molecule has 0 spiro atoms. The van der Waals surface area contributed by atoms with Crippen molar-refractivity contribution in [3.8, 4) is 17.2 Å². The minimum atomic E-state index is -0.126. The molecule has 7 heteroatoms. The fraction of sp³-hybridized carbons (Fsp3) is 0.357. The molecule has 184 valence electrons. The number of hydrogen-bond donors (Lipinski definition) is 0. The second-order valence-corrected chi connectivity index (χ2v) is 8.31.